The smallest absolute Gasteiger partial charge is 0.254 e. The first kappa shape index (κ1) is 22.8. The highest BCUT2D eigenvalue weighted by molar-refractivity contribution is 7.98. The fourth-order valence-corrected chi connectivity index (χ4v) is 3.19. The van der Waals surface area contributed by atoms with Crippen molar-refractivity contribution in [2.24, 2.45) is 5.92 Å². The highest BCUT2D eigenvalue weighted by Crippen LogP contribution is 2.16. The van der Waals surface area contributed by atoms with Gasteiger partial charge in [0.05, 0.1) is 12.1 Å². The predicted octanol–water partition coefficient (Wildman–Crippen LogP) is 2.41. The Morgan fingerprint density at radius 3 is 2.62 bits per heavy atom. The first-order chi connectivity index (χ1) is 13.8. The first-order valence-electron chi connectivity index (χ1n) is 9.27. The summed E-state index contributed by atoms with van der Waals surface area (Å²) >= 11 is 1.54. The summed E-state index contributed by atoms with van der Waals surface area (Å²) in [5, 5.41) is 14.3. The van der Waals surface area contributed by atoms with Gasteiger partial charge in [-0.3, -0.25) is 9.59 Å². The Morgan fingerprint density at radius 1 is 1.21 bits per heavy atom. The maximum atomic E-state index is 13.6. The monoisotopic (exact) mass is 425 g/mol. The lowest BCUT2D eigenvalue weighted by Gasteiger charge is -2.12. The van der Waals surface area contributed by atoms with Crippen LogP contribution in [0.5, 0.6) is 0 Å². The van der Waals surface area contributed by atoms with Crippen LogP contribution in [0.1, 0.15) is 36.5 Å². The third-order valence-corrected chi connectivity index (χ3v) is 4.68. The molecule has 0 radical (unpaired) electrons. The van der Waals surface area contributed by atoms with Crippen LogP contribution in [0.15, 0.2) is 23.4 Å². The zero-order valence-corrected chi connectivity index (χ0v) is 17.5. The molecule has 7 nitrogen and oxygen atoms in total. The summed E-state index contributed by atoms with van der Waals surface area (Å²) in [6, 6.07) is 2.64. The number of nitrogens with zero attached hydrogens (tertiary/aromatic N) is 3. The van der Waals surface area contributed by atoms with E-state index in [-0.39, 0.29) is 12.1 Å². The molecule has 0 fully saturated rings. The second-order valence-electron chi connectivity index (χ2n) is 6.87. The van der Waals surface area contributed by atoms with Crippen molar-refractivity contribution < 1.29 is 18.4 Å². The van der Waals surface area contributed by atoms with Gasteiger partial charge in [0.25, 0.3) is 5.91 Å². The number of halogens is 2. The molecule has 10 heteroatoms. The molecule has 0 spiro atoms. The Hall–Kier alpha value is -2.49. The van der Waals surface area contributed by atoms with Crippen molar-refractivity contribution in [3.05, 3.63) is 41.2 Å². The molecule has 0 aliphatic carbocycles. The highest BCUT2D eigenvalue weighted by Gasteiger charge is 2.14. The van der Waals surface area contributed by atoms with Crippen LogP contribution in [-0.2, 0) is 17.8 Å². The van der Waals surface area contributed by atoms with Crippen LogP contribution in [0, 0.1) is 17.6 Å². The van der Waals surface area contributed by atoms with Crippen molar-refractivity contribution in [3.63, 3.8) is 0 Å². The standard InChI is InChI=1S/C19H25F2N5O2S/c1-12(2)11-26-16(24-25-19(26)29-3)5-4-8-22-17(27)10-23-18(28)14-7-6-13(20)9-15(14)21/h6-7,9,12H,4-5,8,10-11H2,1-3H3,(H,22,27)(H,23,28). The normalized spacial score (nSPS) is 11.0. The topological polar surface area (TPSA) is 88.9 Å². The molecule has 2 rings (SSSR count). The van der Waals surface area contributed by atoms with E-state index in [1.165, 1.54) is 0 Å². The van der Waals surface area contributed by atoms with Crippen molar-refractivity contribution in [1.82, 2.24) is 25.4 Å². The van der Waals surface area contributed by atoms with Gasteiger partial charge in [-0.25, -0.2) is 8.78 Å². The van der Waals surface area contributed by atoms with Crippen molar-refractivity contribution >= 4 is 23.6 Å². The molecule has 1 aromatic carbocycles. The molecule has 2 amide bonds. The lowest BCUT2D eigenvalue weighted by atomic mass is 10.2. The quantitative estimate of drug-likeness (QED) is 0.451. The van der Waals surface area contributed by atoms with Crippen molar-refractivity contribution in [2.45, 2.75) is 38.4 Å². The molecule has 0 unspecified atom stereocenters. The van der Waals surface area contributed by atoms with Gasteiger partial charge >= 0.3 is 0 Å². The van der Waals surface area contributed by atoms with E-state index >= 15 is 0 Å². The maximum absolute atomic E-state index is 13.6. The zero-order chi connectivity index (χ0) is 21.4. The molecular weight excluding hydrogens is 400 g/mol. The summed E-state index contributed by atoms with van der Waals surface area (Å²) < 4.78 is 28.5. The Morgan fingerprint density at radius 2 is 1.97 bits per heavy atom. The molecule has 1 heterocycles. The molecule has 2 aromatic rings. The first-order valence-corrected chi connectivity index (χ1v) is 10.5. The molecular formula is C19H25F2N5O2S. The van der Waals surface area contributed by atoms with Crippen LogP contribution in [0.4, 0.5) is 8.78 Å². The number of aryl methyl sites for hydroxylation is 1. The Bertz CT molecular complexity index is 857. The third kappa shape index (κ3) is 6.81. The SMILES string of the molecule is CSc1nnc(CCCNC(=O)CNC(=O)c2ccc(F)cc2F)n1CC(C)C. The van der Waals surface area contributed by atoms with Crippen LogP contribution in [0.2, 0.25) is 0 Å². The molecule has 29 heavy (non-hydrogen) atoms. The second kappa shape index (κ2) is 10.9. The Labute approximate surface area is 172 Å². The minimum absolute atomic E-state index is 0.296. The number of hydrogen-bond donors (Lipinski definition) is 2. The van der Waals surface area contributed by atoms with Gasteiger partial charge in [0.2, 0.25) is 5.91 Å². The zero-order valence-electron chi connectivity index (χ0n) is 16.7. The van der Waals surface area contributed by atoms with Crippen molar-refractivity contribution in [3.8, 4) is 0 Å². The maximum Gasteiger partial charge on any atom is 0.254 e. The second-order valence-corrected chi connectivity index (χ2v) is 7.64. The molecule has 0 bridgehead atoms. The molecule has 158 valence electrons. The molecule has 1 aromatic heterocycles. The van der Waals surface area contributed by atoms with E-state index in [1.807, 2.05) is 6.26 Å². The van der Waals surface area contributed by atoms with Gasteiger partial charge in [-0.15, -0.1) is 10.2 Å². The van der Waals surface area contributed by atoms with E-state index in [0.29, 0.717) is 31.4 Å². The summed E-state index contributed by atoms with van der Waals surface area (Å²) in [5.74, 6) is -1.58. The highest BCUT2D eigenvalue weighted by atomic mass is 32.2. The van der Waals surface area contributed by atoms with Gasteiger partial charge in [0.1, 0.15) is 17.5 Å². The molecule has 0 aliphatic rings. The lowest BCUT2D eigenvalue weighted by molar-refractivity contribution is -0.120. The van der Waals surface area contributed by atoms with Crippen LogP contribution in [0.25, 0.3) is 0 Å². The average molecular weight is 426 g/mol. The number of rotatable bonds is 10. The van der Waals surface area contributed by atoms with Gasteiger partial charge in [-0.1, -0.05) is 25.6 Å². The summed E-state index contributed by atoms with van der Waals surface area (Å²) in [7, 11) is 0. The summed E-state index contributed by atoms with van der Waals surface area (Å²) in [6.07, 6.45) is 3.28. The third-order valence-electron chi connectivity index (χ3n) is 4.01. The summed E-state index contributed by atoms with van der Waals surface area (Å²) in [6.45, 7) is 5.19. The van der Waals surface area contributed by atoms with Crippen LogP contribution >= 0.6 is 11.8 Å². The van der Waals surface area contributed by atoms with E-state index in [1.54, 1.807) is 11.8 Å². The molecule has 2 N–H and O–H groups in total. The van der Waals surface area contributed by atoms with Crippen LogP contribution in [-0.4, -0.2) is 45.9 Å². The number of carbonyl (C=O) groups is 2. The van der Waals surface area contributed by atoms with Gasteiger partial charge in [0, 0.05) is 25.6 Å². The predicted molar refractivity (Wildman–Crippen MR) is 107 cm³/mol. The van der Waals surface area contributed by atoms with Gasteiger partial charge in [0.15, 0.2) is 5.16 Å². The van der Waals surface area contributed by atoms with Gasteiger partial charge in [-0.2, -0.15) is 0 Å². The molecule has 0 saturated carbocycles. The van der Waals surface area contributed by atoms with Gasteiger partial charge in [-0.05, 0) is 30.7 Å². The Kier molecular flexibility index (Phi) is 8.56. The number of carbonyl (C=O) groups excluding carboxylic acids is 2. The van der Waals surface area contributed by atoms with E-state index in [0.717, 1.165) is 29.7 Å². The van der Waals surface area contributed by atoms with E-state index in [2.05, 4.69) is 39.2 Å². The Balaban J connectivity index is 1.75. The summed E-state index contributed by atoms with van der Waals surface area (Å²) in [5.41, 5.74) is -0.312. The van der Waals surface area contributed by atoms with E-state index < -0.39 is 23.4 Å². The van der Waals surface area contributed by atoms with Gasteiger partial charge < -0.3 is 15.2 Å². The minimum atomic E-state index is -0.974. The number of nitrogens with one attached hydrogen (secondary N) is 2. The van der Waals surface area contributed by atoms with Crippen molar-refractivity contribution in [1.29, 1.82) is 0 Å². The van der Waals surface area contributed by atoms with Crippen LogP contribution in [0.3, 0.4) is 0 Å². The van der Waals surface area contributed by atoms with E-state index in [4.69, 9.17) is 0 Å². The molecule has 0 saturated heterocycles. The molecule has 0 aliphatic heterocycles. The average Bonchev–Trinajstić information content (AvgIpc) is 3.04. The number of hydrogen-bond acceptors (Lipinski definition) is 5. The van der Waals surface area contributed by atoms with Crippen LogP contribution < -0.4 is 10.6 Å². The lowest BCUT2D eigenvalue weighted by Crippen LogP contribution is -2.37. The fourth-order valence-electron chi connectivity index (χ4n) is 2.67. The largest absolute Gasteiger partial charge is 0.355 e. The van der Waals surface area contributed by atoms with E-state index in [9.17, 15) is 18.4 Å². The fraction of sp³-hybridized carbons (Fsp3) is 0.474. The minimum Gasteiger partial charge on any atom is -0.355 e. The molecule has 0 atom stereocenters. The number of thioether (sulfide) groups is 1. The summed E-state index contributed by atoms with van der Waals surface area (Å²) in [4.78, 5) is 23.8. The number of benzene rings is 1. The number of amides is 2. The number of aromatic nitrogens is 3. The van der Waals surface area contributed by atoms with Crippen molar-refractivity contribution in [2.75, 3.05) is 19.3 Å².